The molecule has 1 aliphatic rings. The Kier molecular flexibility index (Phi) is 2.26. The SMILES string of the molecule is COC(=O)c1cc2n(n1)CCOC2(C)C. The summed E-state index contributed by atoms with van der Waals surface area (Å²) >= 11 is 0. The molecule has 0 saturated heterocycles. The van der Waals surface area contributed by atoms with Crippen LogP contribution in [0, 0.1) is 0 Å². The summed E-state index contributed by atoms with van der Waals surface area (Å²) in [4.78, 5) is 11.3. The zero-order chi connectivity index (χ0) is 11.1. The van der Waals surface area contributed by atoms with E-state index in [0.29, 0.717) is 18.8 Å². The first-order chi connectivity index (χ1) is 7.04. The average Bonchev–Trinajstić information content (AvgIpc) is 2.61. The van der Waals surface area contributed by atoms with E-state index >= 15 is 0 Å². The molecule has 2 heterocycles. The third-order valence-corrected chi connectivity index (χ3v) is 2.56. The standard InChI is InChI=1S/C10H14N2O3/c1-10(2)8-6-7(9(13)14-3)11-12(8)4-5-15-10/h6H,4-5H2,1-3H3. The molecule has 0 radical (unpaired) electrons. The minimum Gasteiger partial charge on any atom is -0.464 e. The van der Waals surface area contributed by atoms with Crippen molar-refractivity contribution in [3.8, 4) is 0 Å². The third kappa shape index (κ3) is 1.63. The molecule has 0 spiro atoms. The largest absolute Gasteiger partial charge is 0.464 e. The number of carbonyl (C=O) groups excluding carboxylic acids is 1. The van der Waals surface area contributed by atoms with E-state index < -0.39 is 11.6 Å². The van der Waals surface area contributed by atoms with Crippen LogP contribution in [-0.4, -0.2) is 29.5 Å². The van der Waals surface area contributed by atoms with Crippen LogP contribution in [0.3, 0.4) is 0 Å². The zero-order valence-electron chi connectivity index (χ0n) is 9.11. The van der Waals surface area contributed by atoms with E-state index in [1.165, 1.54) is 7.11 Å². The van der Waals surface area contributed by atoms with Crippen molar-refractivity contribution in [1.29, 1.82) is 0 Å². The fourth-order valence-corrected chi connectivity index (χ4v) is 1.74. The molecule has 5 heteroatoms. The van der Waals surface area contributed by atoms with Crippen LogP contribution < -0.4 is 0 Å². The molecule has 1 aromatic heterocycles. The van der Waals surface area contributed by atoms with Crippen LogP contribution in [0.5, 0.6) is 0 Å². The van der Waals surface area contributed by atoms with Crippen molar-refractivity contribution in [2.24, 2.45) is 0 Å². The number of hydrogen-bond acceptors (Lipinski definition) is 4. The van der Waals surface area contributed by atoms with Gasteiger partial charge >= 0.3 is 5.97 Å². The first-order valence-electron chi connectivity index (χ1n) is 4.85. The Balaban J connectivity index is 2.42. The lowest BCUT2D eigenvalue weighted by molar-refractivity contribution is -0.0532. The maximum atomic E-state index is 11.3. The number of fused-ring (bicyclic) bond motifs is 1. The van der Waals surface area contributed by atoms with Crippen LogP contribution in [0.15, 0.2) is 6.07 Å². The predicted molar refractivity (Wildman–Crippen MR) is 52.5 cm³/mol. The lowest BCUT2D eigenvalue weighted by Crippen LogP contribution is -2.33. The van der Waals surface area contributed by atoms with Gasteiger partial charge in [-0.15, -0.1) is 0 Å². The highest BCUT2D eigenvalue weighted by atomic mass is 16.5. The Morgan fingerprint density at radius 2 is 2.40 bits per heavy atom. The molecule has 5 nitrogen and oxygen atoms in total. The molecular formula is C10H14N2O3. The van der Waals surface area contributed by atoms with E-state index in [-0.39, 0.29) is 0 Å². The van der Waals surface area contributed by atoms with Gasteiger partial charge in [0.1, 0.15) is 5.60 Å². The van der Waals surface area contributed by atoms with Gasteiger partial charge in [0.2, 0.25) is 0 Å². The smallest absolute Gasteiger partial charge is 0.358 e. The van der Waals surface area contributed by atoms with Crippen molar-refractivity contribution in [3.05, 3.63) is 17.5 Å². The summed E-state index contributed by atoms with van der Waals surface area (Å²) in [6.45, 7) is 5.21. The maximum absolute atomic E-state index is 11.3. The Morgan fingerprint density at radius 3 is 3.00 bits per heavy atom. The average molecular weight is 210 g/mol. The van der Waals surface area contributed by atoms with Gasteiger partial charge in [0.25, 0.3) is 0 Å². The maximum Gasteiger partial charge on any atom is 0.358 e. The number of carbonyl (C=O) groups is 1. The molecule has 0 bridgehead atoms. The van der Waals surface area contributed by atoms with Crippen molar-refractivity contribution in [1.82, 2.24) is 9.78 Å². The predicted octanol–water partition coefficient (Wildman–Crippen LogP) is 0.935. The molecular weight excluding hydrogens is 196 g/mol. The van der Waals surface area contributed by atoms with Crippen molar-refractivity contribution >= 4 is 5.97 Å². The van der Waals surface area contributed by atoms with Crippen LogP contribution in [-0.2, 0) is 21.6 Å². The summed E-state index contributed by atoms with van der Waals surface area (Å²) in [6.07, 6.45) is 0. The van der Waals surface area contributed by atoms with E-state index in [0.717, 1.165) is 5.69 Å². The molecule has 0 saturated carbocycles. The number of hydrogen-bond donors (Lipinski definition) is 0. The normalized spacial score (nSPS) is 18.3. The Morgan fingerprint density at radius 1 is 1.67 bits per heavy atom. The summed E-state index contributed by atoms with van der Waals surface area (Å²) in [5.74, 6) is -0.410. The third-order valence-electron chi connectivity index (χ3n) is 2.56. The minimum absolute atomic E-state index is 0.339. The zero-order valence-corrected chi connectivity index (χ0v) is 9.11. The second kappa shape index (κ2) is 3.34. The second-order valence-corrected chi connectivity index (χ2v) is 3.99. The van der Waals surface area contributed by atoms with Crippen molar-refractivity contribution in [2.75, 3.05) is 13.7 Å². The summed E-state index contributed by atoms with van der Waals surface area (Å²) < 4.78 is 12.0. The van der Waals surface area contributed by atoms with Gasteiger partial charge in [-0.2, -0.15) is 5.10 Å². The van der Waals surface area contributed by atoms with Crippen molar-refractivity contribution in [2.45, 2.75) is 26.0 Å². The Hall–Kier alpha value is -1.36. The first kappa shape index (κ1) is 10.2. The van der Waals surface area contributed by atoms with E-state index in [4.69, 9.17) is 4.74 Å². The van der Waals surface area contributed by atoms with Gasteiger partial charge in [0.05, 0.1) is 26.0 Å². The van der Waals surface area contributed by atoms with E-state index in [2.05, 4.69) is 9.84 Å². The molecule has 0 aliphatic carbocycles. The van der Waals surface area contributed by atoms with Gasteiger partial charge in [-0.3, -0.25) is 4.68 Å². The molecule has 0 aromatic carbocycles. The highest BCUT2D eigenvalue weighted by Crippen LogP contribution is 2.28. The van der Waals surface area contributed by atoms with Gasteiger partial charge in [0.15, 0.2) is 5.69 Å². The number of rotatable bonds is 1. The van der Waals surface area contributed by atoms with E-state index in [1.54, 1.807) is 10.7 Å². The van der Waals surface area contributed by atoms with Gasteiger partial charge in [0, 0.05) is 0 Å². The summed E-state index contributed by atoms with van der Waals surface area (Å²) in [5.41, 5.74) is 0.859. The number of aromatic nitrogens is 2. The molecule has 15 heavy (non-hydrogen) atoms. The molecule has 0 fully saturated rings. The van der Waals surface area contributed by atoms with Crippen LogP contribution in [0.4, 0.5) is 0 Å². The topological polar surface area (TPSA) is 53.4 Å². The highest BCUT2D eigenvalue weighted by molar-refractivity contribution is 5.87. The lowest BCUT2D eigenvalue weighted by atomic mass is 10.0. The Bertz CT molecular complexity index is 395. The van der Waals surface area contributed by atoms with E-state index in [9.17, 15) is 4.79 Å². The molecule has 2 rings (SSSR count). The number of esters is 1. The molecule has 1 aliphatic heterocycles. The lowest BCUT2D eigenvalue weighted by Gasteiger charge is -2.30. The van der Waals surface area contributed by atoms with Gasteiger partial charge < -0.3 is 9.47 Å². The first-order valence-corrected chi connectivity index (χ1v) is 4.85. The van der Waals surface area contributed by atoms with Crippen molar-refractivity contribution in [3.63, 3.8) is 0 Å². The molecule has 1 aromatic rings. The fraction of sp³-hybridized carbons (Fsp3) is 0.600. The van der Waals surface area contributed by atoms with Crippen molar-refractivity contribution < 1.29 is 14.3 Å². The summed E-state index contributed by atoms with van der Waals surface area (Å²) in [6, 6.07) is 1.73. The number of nitrogens with zero attached hydrogens (tertiary/aromatic N) is 2. The molecule has 0 amide bonds. The second-order valence-electron chi connectivity index (χ2n) is 3.99. The number of ether oxygens (including phenoxy) is 2. The van der Waals surface area contributed by atoms with Crippen LogP contribution >= 0.6 is 0 Å². The van der Waals surface area contributed by atoms with Gasteiger partial charge in [-0.05, 0) is 19.9 Å². The van der Waals surface area contributed by atoms with E-state index in [1.807, 2.05) is 13.8 Å². The number of methoxy groups -OCH3 is 1. The molecule has 0 atom stereocenters. The van der Waals surface area contributed by atoms with Crippen LogP contribution in [0.2, 0.25) is 0 Å². The minimum atomic E-state index is -0.410. The van der Waals surface area contributed by atoms with Crippen LogP contribution in [0.1, 0.15) is 30.0 Å². The highest BCUT2D eigenvalue weighted by Gasteiger charge is 2.31. The Labute approximate surface area is 88.0 Å². The van der Waals surface area contributed by atoms with Gasteiger partial charge in [-0.1, -0.05) is 0 Å². The molecule has 82 valence electrons. The van der Waals surface area contributed by atoms with Gasteiger partial charge in [-0.25, -0.2) is 4.79 Å². The molecule has 0 N–H and O–H groups in total. The summed E-state index contributed by atoms with van der Waals surface area (Å²) in [5, 5.41) is 4.18. The summed E-state index contributed by atoms with van der Waals surface area (Å²) in [7, 11) is 1.35. The molecule has 0 unspecified atom stereocenters. The monoisotopic (exact) mass is 210 g/mol. The fourth-order valence-electron chi connectivity index (χ4n) is 1.74. The quantitative estimate of drug-likeness (QED) is 0.647. The van der Waals surface area contributed by atoms with Crippen LogP contribution in [0.25, 0.3) is 0 Å².